The molecule has 1 saturated heterocycles. The van der Waals surface area contributed by atoms with Crippen molar-refractivity contribution in [2.24, 2.45) is 0 Å². The third-order valence-corrected chi connectivity index (χ3v) is 5.57. The van der Waals surface area contributed by atoms with E-state index >= 15 is 0 Å². The molecule has 1 aromatic heterocycles. The van der Waals surface area contributed by atoms with E-state index in [1.807, 2.05) is 78.3 Å². The smallest absolute Gasteiger partial charge is 0.254 e. The van der Waals surface area contributed by atoms with Crippen LogP contribution in [0.5, 0.6) is 5.75 Å². The second kappa shape index (κ2) is 10.0. The van der Waals surface area contributed by atoms with Crippen molar-refractivity contribution in [3.05, 3.63) is 76.8 Å². The molecule has 0 unspecified atom stereocenters. The molecule has 0 radical (unpaired) electrons. The van der Waals surface area contributed by atoms with Crippen molar-refractivity contribution in [2.45, 2.75) is 13.8 Å². The van der Waals surface area contributed by atoms with Crippen LogP contribution in [0.1, 0.15) is 40.0 Å². The topological polar surface area (TPSA) is 82.6 Å². The normalized spacial score (nSPS) is 13.8. The van der Waals surface area contributed by atoms with Gasteiger partial charge in [0.2, 0.25) is 17.5 Å². The quantitative estimate of drug-likeness (QED) is 0.563. The molecule has 0 bridgehead atoms. The maximum Gasteiger partial charge on any atom is 0.254 e. The molecule has 0 aliphatic carbocycles. The van der Waals surface area contributed by atoms with Gasteiger partial charge in [-0.25, -0.2) is 0 Å². The third kappa shape index (κ3) is 5.07. The molecule has 0 N–H and O–H groups in total. The van der Waals surface area contributed by atoms with Crippen LogP contribution in [-0.4, -0.2) is 48.6 Å². The Hall–Kier alpha value is -4.05. The molecular formula is C26H26N4O3. The van der Waals surface area contributed by atoms with Crippen molar-refractivity contribution in [3.63, 3.8) is 0 Å². The lowest BCUT2D eigenvalue weighted by atomic mass is 10.1. The zero-order valence-electron chi connectivity index (χ0n) is 18.8. The molecule has 0 saturated carbocycles. The van der Waals surface area contributed by atoms with Gasteiger partial charge >= 0.3 is 0 Å². The van der Waals surface area contributed by atoms with E-state index in [0.29, 0.717) is 44.6 Å². The van der Waals surface area contributed by atoms with Crippen molar-refractivity contribution >= 4 is 23.9 Å². The molecular weight excluding hydrogens is 416 g/mol. The minimum Gasteiger partial charge on any atom is -0.494 e. The Morgan fingerprint density at radius 1 is 1.12 bits per heavy atom. The third-order valence-electron chi connectivity index (χ3n) is 5.57. The van der Waals surface area contributed by atoms with Crippen molar-refractivity contribution in [1.29, 1.82) is 5.26 Å². The molecule has 1 aliphatic heterocycles. The van der Waals surface area contributed by atoms with E-state index in [2.05, 4.69) is 11.1 Å². The number of carbonyl (C=O) groups excluding carboxylic acids is 1. The highest BCUT2D eigenvalue weighted by Crippen LogP contribution is 2.25. The number of ether oxygens (including phenoxy) is 1. The van der Waals surface area contributed by atoms with Crippen LogP contribution in [0.15, 0.2) is 52.9 Å². The number of benzene rings is 2. The fourth-order valence-corrected chi connectivity index (χ4v) is 3.79. The minimum absolute atomic E-state index is 0.0322. The molecule has 3 aromatic rings. The first-order chi connectivity index (χ1) is 16.1. The second-order valence-electron chi connectivity index (χ2n) is 7.75. The molecule has 4 rings (SSSR count). The predicted molar refractivity (Wildman–Crippen MR) is 127 cm³/mol. The Morgan fingerprint density at radius 3 is 2.52 bits per heavy atom. The molecule has 1 aliphatic rings. The van der Waals surface area contributed by atoms with Crippen LogP contribution >= 0.6 is 0 Å². The van der Waals surface area contributed by atoms with Crippen LogP contribution in [-0.2, 0) is 0 Å². The number of aromatic nitrogens is 1. The van der Waals surface area contributed by atoms with E-state index in [0.717, 1.165) is 22.4 Å². The van der Waals surface area contributed by atoms with Gasteiger partial charge in [0.05, 0.1) is 6.61 Å². The van der Waals surface area contributed by atoms with E-state index < -0.39 is 0 Å². The summed E-state index contributed by atoms with van der Waals surface area (Å²) >= 11 is 0. The number of piperazine rings is 1. The van der Waals surface area contributed by atoms with E-state index in [1.165, 1.54) is 0 Å². The Labute approximate surface area is 193 Å². The minimum atomic E-state index is 0.0322. The Morgan fingerprint density at radius 2 is 1.85 bits per heavy atom. The summed E-state index contributed by atoms with van der Waals surface area (Å²) in [6, 6.07) is 17.4. The van der Waals surface area contributed by atoms with Crippen molar-refractivity contribution in [1.82, 2.24) is 9.88 Å². The standard InChI is InChI=1S/C26H26N4O3/c1-3-32-21-11-8-20(9-12-21)10-13-24-28-23(18-27)26(33-24)30-16-14-29(15-17-30)25(31)22-7-5-4-6-19(22)2/h4-13H,3,14-17H2,1-2H3. The van der Waals surface area contributed by atoms with E-state index in [1.54, 1.807) is 6.08 Å². The van der Waals surface area contributed by atoms with E-state index in [-0.39, 0.29) is 11.6 Å². The highest BCUT2D eigenvalue weighted by atomic mass is 16.5. The number of hydrogen-bond donors (Lipinski definition) is 0. The zero-order valence-corrected chi connectivity index (χ0v) is 18.8. The number of aryl methyl sites for hydroxylation is 1. The van der Waals surface area contributed by atoms with Crippen LogP contribution in [0.3, 0.4) is 0 Å². The maximum atomic E-state index is 12.9. The Balaban J connectivity index is 1.42. The highest BCUT2D eigenvalue weighted by Gasteiger charge is 2.27. The lowest BCUT2D eigenvalue weighted by molar-refractivity contribution is 0.0744. The van der Waals surface area contributed by atoms with Gasteiger partial charge in [-0.1, -0.05) is 30.3 Å². The first-order valence-electron chi connectivity index (χ1n) is 11.0. The summed E-state index contributed by atoms with van der Waals surface area (Å²) in [4.78, 5) is 21.0. The summed E-state index contributed by atoms with van der Waals surface area (Å²) in [6.07, 6.45) is 3.63. The average molecular weight is 443 g/mol. The van der Waals surface area contributed by atoms with Crippen molar-refractivity contribution in [2.75, 3.05) is 37.7 Å². The Bertz CT molecular complexity index is 1180. The Kier molecular flexibility index (Phi) is 6.75. The summed E-state index contributed by atoms with van der Waals surface area (Å²) in [5, 5.41) is 9.55. The molecule has 0 atom stereocenters. The van der Waals surface area contributed by atoms with Gasteiger partial charge in [-0.2, -0.15) is 10.2 Å². The predicted octanol–water partition coefficient (Wildman–Crippen LogP) is 4.39. The average Bonchev–Trinajstić information content (AvgIpc) is 3.27. The molecule has 168 valence electrons. The van der Waals surface area contributed by atoms with Crippen LogP contribution in [0.2, 0.25) is 0 Å². The molecule has 2 aromatic carbocycles. The number of nitriles is 1. The van der Waals surface area contributed by atoms with Crippen molar-refractivity contribution in [3.8, 4) is 11.8 Å². The van der Waals surface area contributed by atoms with E-state index in [4.69, 9.17) is 9.15 Å². The van der Waals surface area contributed by atoms with Gasteiger partial charge in [-0.3, -0.25) is 4.79 Å². The van der Waals surface area contributed by atoms with Crippen LogP contribution in [0, 0.1) is 18.3 Å². The number of oxazole rings is 1. The van der Waals surface area contributed by atoms with Gasteiger partial charge in [-0.15, -0.1) is 0 Å². The molecule has 2 heterocycles. The lowest BCUT2D eigenvalue weighted by Crippen LogP contribution is -2.49. The number of nitrogens with zero attached hydrogens (tertiary/aromatic N) is 4. The molecule has 0 spiro atoms. The zero-order chi connectivity index (χ0) is 23.2. The van der Waals surface area contributed by atoms with Gasteiger partial charge in [0.1, 0.15) is 11.8 Å². The summed E-state index contributed by atoms with van der Waals surface area (Å²) in [6.45, 7) is 6.76. The highest BCUT2D eigenvalue weighted by molar-refractivity contribution is 5.95. The summed E-state index contributed by atoms with van der Waals surface area (Å²) in [7, 11) is 0. The van der Waals surface area contributed by atoms with E-state index in [9.17, 15) is 10.1 Å². The molecule has 33 heavy (non-hydrogen) atoms. The van der Waals surface area contributed by atoms with Gasteiger partial charge in [0, 0.05) is 37.8 Å². The number of amides is 1. The maximum absolute atomic E-state index is 12.9. The first kappa shape index (κ1) is 22.2. The molecule has 7 heteroatoms. The van der Waals surface area contributed by atoms with Crippen molar-refractivity contribution < 1.29 is 13.9 Å². The van der Waals surface area contributed by atoms with Crippen LogP contribution < -0.4 is 9.64 Å². The fourth-order valence-electron chi connectivity index (χ4n) is 3.79. The molecule has 1 fully saturated rings. The van der Waals surface area contributed by atoms with Gasteiger partial charge in [0.25, 0.3) is 5.91 Å². The van der Waals surface area contributed by atoms with Crippen LogP contribution in [0.4, 0.5) is 5.88 Å². The summed E-state index contributed by atoms with van der Waals surface area (Å²) in [5.41, 5.74) is 2.92. The van der Waals surface area contributed by atoms with Gasteiger partial charge in [-0.05, 0) is 49.2 Å². The molecule has 7 nitrogen and oxygen atoms in total. The fraction of sp³-hybridized carbons (Fsp3) is 0.269. The van der Waals surface area contributed by atoms with Gasteiger partial charge in [0.15, 0.2) is 0 Å². The monoisotopic (exact) mass is 442 g/mol. The largest absolute Gasteiger partial charge is 0.494 e. The SMILES string of the molecule is CCOc1ccc(C=Cc2nc(C#N)c(N3CCN(C(=O)c4ccccc4C)CC3)o2)cc1. The summed E-state index contributed by atoms with van der Waals surface area (Å²) < 4.78 is 11.4. The number of anilines is 1. The lowest BCUT2D eigenvalue weighted by Gasteiger charge is -2.34. The summed E-state index contributed by atoms with van der Waals surface area (Å²) in [5.74, 6) is 1.67. The van der Waals surface area contributed by atoms with Crippen LogP contribution in [0.25, 0.3) is 12.2 Å². The molecule has 1 amide bonds. The number of rotatable bonds is 6. The second-order valence-corrected chi connectivity index (χ2v) is 7.75. The van der Waals surface area contributed by atoms with Gasteiger partial charge < -0.3 is 19.0 Å². The number of hydrogen-bond acceptors (Lipinski definition) is 6. The first-order valence-corrected chi connectivity index (χ1v) is 11.0. The number of carbonyl (C=O) groups is 1.